The van der Waals surface area contributed by atoms with Gasteiger partial charge in [0.05, 0.1) is 0 Å². The number of anilines is 2. The smallest absolute Gasteiger partial charge is 0.262 e. The van der Waals surface area contributed by atoms with Gasteiger partial charge in [-0.25, -0.2) is 0 Å². The Bertz CT molecular complexity index is 632. The van der Waals surface area contributed by atoms with Gasteiger partial charge in [0.1, 0.15) is 17.2 Å². The van der Waals surface area contributed by atoms with Gasteiger partial charge in [0, 0.05) is 10.2 Å². The largest absolute Gasteiger partial charge is 0.506 e. The molecule has 0 saturated heterocycles. The van der Waals surface area contributed by atoms with Gasteiger partial charge in [0.15, 0.2) is 6.61 Å². The highest BCUT2D eigenvalue weighted by Crippen LogP contribution is 2.29. The summed E-state index contributed by atoms with van der Waals surface area (Å²) < 4.78 is 6.14. The highest BCUT2D eigenvalue weighted by molar-refractivity contribution is 9.10. The summed E-state index contributed by atoms with van der Waals surface area (Å²) in [6.07, 6.45) is 0. The molecule has 20 heavy (non-hydrogen) atoms. The van der Waals surface area contributed by atoms with E-state index in [4.69, 9.17) is 10.5 Å². The number of rotatable bonds is 4. The first-order valence-electron chi connectivity index (χ1n) is 5.82. The summed E-state index contributed by atoms with van der Waals surface area (Å²) >= 11 is 3.32. The number of phenolic OH excluding ortho intramolecular Hbond substituents is 1. The molecule has 0 aliphatic heterocycles. The minimum absolute atomic E-state index is 0.0742. The van der Waals surface area contributed by atoms with Crippen molar-refractivity contribution in [3.8, 4) is 11.5 Å². The molecular formula is C14H13BrN2O3. The second-order valence-electron chi connectivity index (χ2n) is 4.04. The molecule has 0 heterocycles. The zero-order valence-electron chi connectivity index (χ0n) is 10.5. The monoisotopic (exact) mass is 336 g/mol. The maximum Gasteiger partial charge on any atom is 0.262 e. The number of amides is 1. The Morgan fingerprint density at radius 1 is 1.30 bits per heavy atom. The zero-order valence-corrected chi connectivity index (χ0v) is 12.1. The molecule has 0 radical (unpaired) electrons. The van der Waals surface area contributed by atoms with E-state index in [0.29, 0.717) is 5.69 Å². The van der Waals surface area contributed by atoms with Crippen LogP contribution in [0.2, 0.25) is 0 Å². The topological polar surface area (TPSA) is 84.6 Å². The number of carbonyl (C=O) groups is 1. The molecule has 0 unspecified atom stereocenters. The van der Waals surface area contributed by atoms with Gasteiger partial charge >= 0.3 is 0 Å². The van der Waals surface area contributed by atoms with Crippen molar-refractivity contribution in [1.29, 1.82) is 0 Å². The molecule has 0 aliphatic rings. The molecule has 0 aromatic heterocycles. The van der Waals surface area contributed by atoms with Crippen molar-refractivity contribution in [2.24, 2.45) is 0 Å². The number of phenols is 1. The van der Waals surface area contributed by atoms with Crippen molar-refractivity contribution >= 4 is 33.2 Å². The predicted molar refractivity (Wildman–Crippen MR) is 80.8 cm³/mol. The van der Waals surface area contributed by atoms with Crippen LogP contribution in [0.1, 0.15) is 0 Å². The molecule has 1 amide bonds. The number of para-hydroxylation sites is 1. The number of nitrogen functional groups attached to an aromatic ring is 1. The van der Waals surface area contributed by atoms with Crippen molar-refractivity contribution in [2.45, 2.75) is 0 Å². The Labute approximate surface area is 124 Å². The van der Waals surface area contributed by atoms with Crippen molar-refractivity contribution in [3.05, 3.63) is 46.9 Å². The minimum atomic E-state index is -0.314. The standard InChI is InChI=1S/C14H13BrN2O3/c15-9-3-1-4-10(7-9)17-13(19)8-20-12-6-2-5-11(18)14(12)16/h1-7,18H,8,16H2,(H,17,19). The average molecular weight is 337 g/mol. The predicted octanol–water partition coefficient (Wildman–Crippen LogP) is 2.75. The first-order chi connectivity index (χ1) is 9.56. The quantitative estimate of drug-likeness (QED) is 0.592. The lowest BCUT2D eigenvalue weighted by Gasteiger charge is -2.10. The number of nitrogens with two attached hydrogens (primary N) is 1. The van der Waals surface area contributed by atoms with Gasteiger partial charge in [0.25, 0.3) is 5.91 Å². The summed E-state index contributed by atoms with van der Waals surface area (Å²) in [6.45, 7) is -0.194. The lowest BCUT2D eigenvalue weighted by Crippen LogP contribution is -2.20. The van der Waals surface area contributed by atoms with Crippen LogP contribution in [0.5, 0.6) is 11.5 Å². The van der Waals surface area contributed by atoms with Crippen LogP contribution >= 0.6 is 15.9 Å². The Morgan fingerprint density at radius 3 is 2.80 bits per heavy atom. The van der Waals surface area contributed by atoms with Gasteiger partial charge in [-0.2, -0.15) is 0 Å². The number of halogens is 1. The molecule has 0 saturated carbocycles. The third kappa shape index (κ3) is 3.64. The third-order valence-corrected chi connectivity index (χ3v) is 3.00. The fourth-order valence-electron chi connectivity index (χ4n) is 1.56. The van der Waals surface area contributed by atoms with Gasteiger partial charge in [-0.15, -0.1) is 0 Å². The van der Waals surface area contributed by atoms with E-state index < -0.39 is 0 Å². The van der Waals surface area contributed by atoms with Gasteiger partial charge in [0.2, 0.25) is 0 Å². The summed E-state index contributed by atoms with van der Waals surface area (Å²) in [4.78, 5) is 11.7. The molecule has 0 atom stereocenters. The normalized spacial score (nSPS) is 10.1. The Kier molecular flexibility index (Phi) is 4.47. The molecule has 2 rings (SSSR count). The van der Waals surface area contributed by atoms with Crippen molar-refractivity contribution in [1.82, 2.24) is 0 Å². The third-order valence-electron chi connectivity index (χ3n) is 2.51. The van der Waals surface area contributed by atoms with E-state index in [2.05, 4.69) is 21.2 Å². The summed E-state index contributed by atoms with van der Waals surface area (Å²) in [7, 11) is 0. The van der Waals surface area contributed by atoms with Crippen LogP contribution < -0.4 is 15.8 Å². The molecule has 0 aliphatic carbocycles. The lowest BCUT2D eigenvalue weighted by molar-refractivity contribution is -0.118. The summed E-state index contributed by atoms with van der Waals surface area (Å²) in [6, 6.07) is 11.8. The van der Waals surface area contributed by atoms with E-state index in [0.717, 1.165) is 4.47 Å². The van der Waals surface area contributed by atoms with E-state index in [-0.39, 0.29) is 29.7 Å². The van der Waals surface area contributed by atoms with E-state index in [1.807, 2.05) is 12.1 Å². The molecule has 2 aromatic carbocycles. The van der Waals surface area contributed by atoms with E-state index in [1.165, 1.54) is 6.07 Å². The highest BCUT2D eigenvalue weighted by atomic mass is 79.9. The molecule has 104 valence electrons. The highest BCUT2D eigenvalue weighted by Gasteiger charge is 2.08. The van der Waals surface area contributed by atoms with Gasteiger partial charge in [-0.05, 0) is 30.3 Å². The SMILES string of the molecule is Nc1c(O)cccc1OCC(=O)Nc1cccc(Br)c1. The number of carbonyl (C=O) groups excluding carboxylic acids is 1. The first-order valence-corrected chi connectivity index (χ1v) is 6.61. The van der Waals surface area contributed by atoms with Crippen LogP contribution in [0.4, 0.5) is 11.4 Å². The fraction of sp³-hybridized carbons (Fsp3) is 0.0714. The van der Waals surface area contributed by atoms with E-state index in [1.54, 1.807) is 24.3 Å². The molecular weight excluding hydrogens is 324 g/mol. The molecule has 0 spiro atoms. The molecule has 0 bridgehead atoms. The Morgan fingerprint density at radius 2 is 2.05 bits per heavy atom. The van der Waals surface area contributed by atoms with Crippen LogP contribution in [-0.4, -0.2) is 17.6 Å². The zero-order chi connectivity index (χ0) is 14.5. The van der Waals surface area contributed by atoms with Crippen LogP contribution in [0.3, 0.4) is 0 Å². The molecule has 2 aromatic rings. The molecule has 6 heteroatoms. The second kappa shape index (κ2) is 6.29. The van der Waals surface area contributed by atoms with Crippen LogP contribution in [0.25, 0.3) is 0 Å². The maximum absolute atomic E-state index is 11.7. The summed E-state index contributed by atoms with van der Waals surface area (Å²) in [5.41, 5.74) is 6.41. The van der Waals surface area contributed by atoms with Crippen molar-refractivity contribution in [2.75, 3.05) is 17.7 Å². The fourth-order valence-corrected chi connectivity index (χ4v) is 1.96. The van der Waals surface area contributed by atoms with Gasteiger partial charge < -0.3 is 20.9 Å². The van der Waals surface area contributed by atoms with E-state index in [9.17, 15) is 9.90 Å². The number of ether oxygens (including phenoxy) is 1. The molecule has 0 fully saturated rings. The van der Waals surface area contributed by atoms with Crippen molar-refractivity contribution in [3.63, 3.8) is 0 Å². The van der Waals surface area contributed by atoms with Gasteiger partial charge in [-0.1, -0.05) is 28.1 Å². The first kappa shape index (κ1) is 14.2. The number of aromatic hydroxyl groups is 1. The summed E-state index contributed by atoms with van der Waals surface area (Å²) in [5.74, 6) is -0.116. The lowest BCUT2D eigenvalue weighted by atomic mass is 10.3. The minimum Gasteiger partial charge on any atom is -0.506 e. The van der Waals surface area contributed by atoms with Crippen LogP contribution in [0, 0.1) is 0 Å². The van der Waals surface area contributed by atoms with Crippen LogP contribution in [-0.2, 0) is 4.79 Å². The maximum atomic E-state index is 11.7. The van der Waals surface area contributed by atoms with E-state index >= 15 is 0 Å². The molecule has 4 N–H and O–H groups in total. The van der Waals surface area contributed by atoms with Gasteiger partial charge in [-0.3, -0.25) is 4.79 Å². The Balaban J connectivity index is 1.94. The average Bonchev–Trinajstić information content (AvgIpc) is 2.40. The number of nitrogens with one attached hydrogen (secondary N) is 1. The summed E-state index contributed by atoms with van der Waals surface area (Å²) in [5, 5.41) is 12.1. The van der Waals surface area contributed by atoms with Crippen LogP contribution in [0.15, 0.2) is 46.9 Å². The number of hydrogen-bond acceptors (Lipinski definition) is 4. The second-order valence-corrected chi connectivity index (χ2v) is 4.95. The Hall–Kier alpha value is -2.21. The number of benzene rings is 2. The number of hydrogen-bond donors (Lipinski definition) is 3. The molecule has 5 nitrogen and oxygen atoms in total. The van der Waals surface area contributed by atoms with Crippen molar-refractivity contribution < 1.29 is 14.6 Å².